The van der Waals surface area contributed by atoms with Gasteiger partial charge in [-0.25, -0.2) is 0 Å². The Kier molecular flexibility index (Phi) is 16.5. The molecule has 0 aromatic rings. The molecule has 0 aliphatic rings. The van der Waals surface area contributed by atoms with Crippen molar-refractivity contribution in [3.8, 4) is 0 Å². The van der Waals surface area contributed by atoms with Crippen LogP contribution in [0, 0.1) is 0 Å². The van der Waals surface area contributed by atoms with Crippen LogP contribution in [0.5, 0.6) is 0 Å². The molecule has 2 heteroatoms. The second-order valence-electron chi connectivity index (χ2n) is 5.69. The summed E-state index contributed by atoms with van der Waals surface area (Å²) < 4.78 is 0. The zero-order valence-electron chi connectivity index (χ0n) is 13.3. The quantitative estimate of drug-likeness (QED) is 0.185. The van der Waals surface area contributed by atoms with Crippen molar-refractivity contribution in [2.45, 2.75) is 96.8 Å². The summed E-state index contributed by atoms with van der Waals surface area (Å²) in [6, 6.07) is 0. The Morgan fingerprint density at radius 3 is 1.70 bits per heavy atom. The molecular formula is C18H33ClO. The van der Waals surface area contributed by atoms with Gasteiger partial charge in [0, 0.05) is 6.42 Å². The van der Waals surface area contributed by atoms with E-state index in [1.165, 1.54) is 64.2 Å². The van der Waals surface area contributed by atoms with Gasteiger partial charge < -0.3 is 0 Å². The van der Waals surface area contributed by atoms with Crippen LogP contribution in [0.3, 0.4) is 0 Å². The van der Waals surface area contributed by atoms with Crippen molar-refractivity contribution in [1.29, 1.82) is 0 Å². The second kappa shape index (κ2) is 16.8. The van der Waals surface area contributed by atoms with Crippen LogP contribution in [0.25, 0.3) is 0 Å². The molecule has 0 fully saturated rings. The molecule has 0 spiro atoms. The van der Waals surface area contributed by atoms with Gasteiger partial charge in [-0.15, -0.1) is 0 Å². The van der Waals surface area contributed by atoms with Gasteiger partial charge in [-0.05, 0) is 43.7 Å². The summed E-state index contributed by atoms with van der Waals surface area (Å²) in [5.41, 5.74) is 0. The van der Waals surface area contributed by atoms with Crippen molar-refractivity contribution >= 4 is 16.8 Å². The van der Waals surface area contributed by atoms with Crippen LogP contribution in [-0.2, 0) is 4.79 Å². The van der Waals surface area contributed by atoms with Crippen LogP contribution in [0.4, 0.5) is 0 Å². The summed E-state index contributed by atoms with van der Waals surface area (Å²) in [6.07, 6.45) is 21.9. The van der Waals surface area contributed by atoms with E-state index in [-0.39, 0.29) is 5.24 Å². The lowest BCUT2D eigenvalue weighted by Gasteiger charge is -2.00. The SMILES string of the molecule is CCCCCCCCCC/C=C/CCCCCC(=O)Cl. The molecule has 0 saturated carbocycles. The van der Waals surface area contributed by atoms with Gasteiger partial charge in [-0.3, -0.25) is 4.79 Å². The second-order valence-corrected chi connectivity index (χ2v) is 6.11. The predicted molar refractivity (Wildman–Crippen MR) is 90.3 cm³/mol. The number of carbonyl (C=O) groups excluding carboxylic acids is 1. The monoisotopic (exact) mass is 300 g/mol. The van der Waals surface area contributed by atoms with E-state index in [4.69, 9.17) is 11.6 Å². The molecule has 0 N–H and O–H groups in total. The first-order chi connectivity index (χ1) is 9.77. The van der Waals surface area contributed by atoms with Gasteiger partial charge in [0.2, 0.25) is 5.24 Å². The van der Waals surface area contributed by atoms with E-state index in [1.807, 2.05) is 0 Å². The number of allylic oxidation sites excluding steroid dienone is 2. The van der Waals surface area contributed by atoms with E-state index in [2.05, 4.69) is 19.1 Å². The molecule has 0 heterocycles. The van der Waals surface area contributed by atoms with Crippen molar-refractivity contribution in [3.05, 3.63) is 12.2 Å². The van der Waals surface area contributed by atoms with Gasteiger partial charge in [-0.1, -0.05) is 70.4 Å². The standard InChI is InChI=1S/C18H33ClO/c1-2-3-4-5-6-7-8-9-10-11-12-13-14-15-16-17-18(19)20/h11-12H,2-10,13-17H2,1H3/b12-11+. The Hall–Kier alpha value is -0.300. The van der Waals surface area contributed by atoms with E-state index in [9.17, 15) is 4.79 Å². The van der Waals surface area contributed by atoms with Crippen LogP contribution in [0.1, 0.15) is 96.8 Å². The summed E-state index contributed by atoms with van der Waals surface area (Å²) in [5.74, 6) is 0. The fraction of sp³-hybridized carbons (Fsp3) is 0.833. The minimum atomic E-state index is -0.199. The maximum atomic E-state index is 10.5. The van der Waals surface area contributed by atoms with E-state index in [1.54, 1.807) is 0 Å². The zero-order chi connectivity index (χ0) is 14.9. The van der Waals surface area contributed by atoms with E-state index in [0.29, 0.717) is 6.42 Å². The summed E-state index contributed by atoms with van der Waals surface area (Å²) in [6.45, 7) is 2.27. The summed E-state index contributed by atoms with van der Waals surface area (Å²) in [7, 11) is 0. The molecule has 0 aliphatic heterocycles. The third-order valence-electron chi connectivity index (χ3n) is 3.64. The van der Waals surface area contributed by atoms with Gasteiger partial charge in [0.05, 0.1) is 0 Å². The highest BCUT2D eigenvalue weighted by Gasteiger charge is 1.94. The molecule has 0 aliphatic carbocycles. The lowest BCUT2D eigenvalue weighted by molar-refractivity contribution is -0.111. The fourth-order valence-corrected chi connectivity index (χ4v) is 2.47. The fourth-order valence-electron chi connectivity index (χ4n) is 2.33. The number of unbranched alkanes of at least 4 members (excludes halogenated alkanes) is 11. The Morgan fingerprint density at radius 2 is 1.20 bits per heavy atom. The molecule has 0 bridgehead atoms. The van der Waals surface area contributed by atoms with E-state index >= 15 is 0 Å². The van der Waals surface area contributed by atoms with Gasteiger partial charge in [-0.2, -0.15) is 0 Å². The van der Waals surface area contributed by atoms with Crippen LogP contribution >= 0.6 is 11.6 Å². The number of hydrogen-bond donors (Lipinski definition) is 0. The smallest absolute Gasteiger partial charge is 0.221 e. The Labute approximate surface area is 131 Å². The summed E-state index contributed by atoms with van der Waals surface area (Å²) >= 11 is 5.28. The summed E-state index contributed by atoms with van der Waals surface area (Å²) in [4.78, 5) is 10.5. The largest absolute Gasteiger partial charge is 0.281 e. The first-order valence-electron chi connectivity index (χ1n) is 8.60. The lowest BCUT2D eigenvalue weighted by Crippen LogP contribution is -1.85. The van der Waals surface area contributed by atoms with Crippen LogP contribution in [-0.4, -0.2) is 5.24 Å². The molecular weight excluding hydrogens is 268 g/mol. The third kappa shape index (κ3) is 17.7. The molecule has 0 rings (SSSR count). The molecule has 0 radical (unpaired) electrons. The Morgan fingerprint density at radius 1 is 0.750 bits per heavy atom. The van der Waals surface area contributed by atoms with Crippen molar-refractivity contribution in [2.75, 3.05) is 0 Å². The number of carbonyl (C=O) groups is 1. The molecule has 0 aromatic carbocycles. The number of hydrogen-bond acceptors (Lipinski definition) is 1. The Bertz CT molecular complexity index is 236. The average Bonchev–Trinajstić information content (AvgIpc) is 2.43. The van der Waals surface area contributed by atoms with Crippen molar-refractivity contribution in [3.63, 3.8) is 0 Å². The highest BCUT2D eigenvalue weighted by atomic mass is 35.5. The molecule has 0 amide bonds. The molecule has 0 saturated heterocycles. The highest BCUT2D eigenvalue weighted by molar-refractivity contribution is 6.63. The normalized spacial score (nSPS) is 11.3. The predicted octanol–water partition coefficient (Wildman–Crippen LogP) is 6.79. The van der Waals surface area contributed by atoms with Gasteiger partial charge >= 0.3 is 0 Å². The molecule has 20 heavy (non-hydrogen) atoms. The molecule has 0 aromatic heterocycles. The van der Waals surface area contributed by atoms with Crippen LogP contribution in [0.15, 0.2) is 12.2 Å². The maximum Gasteiger partial charge on any atom is 0.221 e. The number of rotatable bonds is 15. The van der Waals surface area contributed by atoms with Crippen molar-refractivity contribution in [1.82, 2.24) is 0 Å². The first kappa shape index (κ1) is 19.7. The highest BCUT2D eigenvalue weighted by Crippen LogP contribution is 2.10. The Balaban J connectivity index is 3.07. The molecule has 1 nitrogen and oxygen atoms in total. The minimum absolute atomic E-state index is 0.199. The molecule has 118 valence electrons. The molecule has 0 atom stereocenters. The van der Waals surface area contributed by atoms with Crippen molar-refractivity contribution in [2.24, 2.45) is 0 Å². The third-order valence-corrected chi connectivity index (χ3v) is 3.82. The maximum absolute atomic E-state index is 10.5. The first-order valence-corrected chi connectivity index (χ1v) is 8.98. The lowest BCUT2D eigenvalue weighted by atomic mass is 10.1. The summed E-state index contributed by atoms with van der Waals surface area (Å²) in [5, 5.41) is -0.199. The van der Waals surface area contributed by atoms with Crippen LogP contribution < -0.4 is 0 Å². The van der Waals surface area contributed by atoms with Gasteiger partial charge in [0.25, 0.3) is 0 Å². The number of halogens is 1. The topological polar surface area (TPSA) is 17.1 Å². The van der Waals surface area contributed by atoms with E-state index in [0.717, 1.165) is 19.3 Å². The molecule has 0 unspecified atom stereocenters. The van der Waals surface area contributed by atoms with Gasteiger partial charge in [0.15, 0.2) is 0 Å². The zero-order valence-corrected chi connectivity index (χ0v) is 14.1. The van der Waals surface area contributed by atoms with E-state index < -0.39 is 0 Å². The van der Waals surface area contributed by atoms with Crippen LogP contribution in [0.2, 0.25) is 0 Å². The van der Waals surface area contributed by atoms with Crippen molar-refractivity contribution < 1.29 is 4.79 Å². The minimum Gasteiger partial charge on any atom is -0.281 e. The average molecular weight is 301 g/mol. The van der Waals surface area contributed by atoms with Gasteiger partial charge in [0.1, 0.15) is 0 Å².